The van der Waals surface area contributed by atoms with Crippen molar-refractivity contribution in [3.63, 3.8) is 0 Å². The fraction of sp³-hybridized carbons (Fsp3) is 0.263. The molecule has 29 heavy (non-hydrogen) atoms. The van der Waals surface area contributed by atoms with Crippen LogP contribution in [0, 0.1) is 0 Å². The molecule has 0 spiro atoms. The summed E-state index contributed by atoms with van der Waals surface area (Å²) in [6.07, 6.45) is -1.07. The van der Waals surface area contributed by atoms with Crippen molar-refractivity contribution in [2.75, 3.05) is 26.6 Å². The molecule has 1 amide bonds. The van der Waals surface area contributed by atoms with Crippen LogP contribution >= 0.6 is 43.5 Å². The van der Waals surface area contributed by atoms with Gasteiger partial charge in [-0.15, -0.1) is 0 Å². The standard InChI is InChI=1S/C19H18Br2ClNO6/c1-9(18(24)23-11-7-5-10(22)6-8-11)29-19(25)12-13(20)15(26-2)17(28-4)16(27-3)14(12)21/h5-9H,1-4H3,(H,23,24). The number of methoxy groups -OCH3 is 3. The molecule has 0 fully saturated rings. The van der Waals surface area contributed by atoms with E-state index in [1.807, 2.05) is 0 Å². The minimum atomic E-state index is -1.07. The van der Waals surface area contributed by atoms with Gasteiger partial charge in [0, 0.05) is 10.7 Å². The molecule has 0 heterocycles. The molecule has 0 radical (unpaired) electrons. The van der Waals surface area contributed by atoms with E-state index in [-0.39, 0.29) is 17.1 Å². The highest BCUT2D eigenvalue weighted by molar-refractivity contribution is 9.11. The molecule has 10 heteroatoms. The number of esters is 1. The first-order valence-corrected chi connectivity index (χ1v) is 10.2. The molecular formula is C19H18Br2ClNO6. The topological polar surface area (TPSA) is 83.1 Å². The number of carbonyl (C=O) groups excluding carboxylic acids is 2. The Kier molecular flexibility index (Phi) is 8.18. The first-order chi connectivity index (χ1) is 13.7. The molecule has 0 aliphatic carbocycles. The number of halogens is 3. The summed E-state index contributed by atoms with van der Waals surface area (Å²) in [7, 11) is 4.29. The van der Waals surface area contributed by atoms with Crippen LogP contribution < -0.4 is 19.5 Å². The summed E-state index contributed by atoms with van der Waals surface area (Å²) in [5.41, 5.74) is 0.614. The van der Waals surface area contributed by atoms with E-state index in [2.05, 4.69) is 37.2 Å². The molecular weight excluding hydrogens is 533 g/mol. The van der Waals surface area contributed by atoms with Gasteiger partial charge < -0.3 is 24.3 Å². The van der Waals surface area contributed by atoms with Gasteiger partial charge in [-0.1, -0.05) is 11.6 Å². The third kappa shape index (κ3) is 5.15. The average Bonchev–Trinajstić information content (AvgIpc) is 2.69. The summed E-state index contributed by atoms with van der Waals surface area (Å²) in [5, 5.41) is 3.19. The number of amides is 1. The second-order valence-corrected chi connectivity index (χ2v) is 7.67. The minimum absolute atomic E-state index is 0.0886. The zero-order valence-electron chi connectivity index (χ0n) is 16.0. The number of ether oxygens (including phenoxy) is 4. The number of hydrogen-bond acceptors (Lipinski definition) is 6. The third-order valence-corrected chi connectivity index (χ3v) is 5.60. The van der Waals surface area contributed by atoms with Crippen molar-refractivity contribution >= 4 is 61.0 Å². The van der Waals surface area contributed by atoms with Gasteiger partial charge in [-0.05, 0) is 63.0 Å². The Morgan fingerprint density at radius 3 is 1.86 bits per heavy atom. The Morgan fingerprint density at radius 1 is 0.931 bits per heavy atom. The van der Waals surface area contributed by atoms with Gasteiger partial charge in [0.1, 0.15) is 0 Å². The van der Waals surface area contributed by atoms with E-state index in [1.54, 1.807) is 24.3 Å². The van der Waals surface area contributed by atoms with E-state index in [4.69, 9.17) is 30.5 Å². The number of hydrogen-bond donors (Lipinski definition) is 1. The molecule has 0 aliphatic rings. The Balaban J connectivity index is 2.27. The van der Waals surface area contributed by atoms with Crippen LogP contribution in [0.3, 0.4) is 0 Å². The zero-order chi connectivity index (χ0) is 21.7. The molecule has 1 atom stereocenters. The summed E-state index contributed by atoms with van der Waals surface area (Å²) in [6, 6.07) is 6.55. The number of carbonyl (C=O) groups is 2. The number of anilines is 1. The second-order valence-electron chi connectivity index (χ2n) is 5.65. The van der Waals surface area contributed by atoms with Crippen LogP contribution in [0.15, 0.2) is 33.2 Å². The van der Waals surface area contributed by atoms with Crippen molar-refractivity contribution in [1.29, 1.82) is 0 Å². The minimum Gasteiger partial charge on any atom is -0.492 e. The monoisotopic (exact) mass is 549 g/mol. The lowest BCUT2D eigenvalue weighted by atomic mass is 10.1. The fourth-order valence-electron chi connectivity index (χ4n) is 2.41. The van der Waals surface area contributed by atoms with Crippen LogP contribution in [0.25, 0.3) is 0 Å². The first-order valence-electron chi connectivity index (χ1n) is 8.19. The van der Waals surface area contributed by atoms with Crippen LogP contribution in [0.5, 0.6) is 17.2 Å². The van der Waals surface area contributed by atoms with E-state index in [1.165, 1.54) is 28.3 Å². The Morgan fingerprint density at radius 2 is 1.41 bits per heavy atom. The van der Waals surface area contributed by atoms with E-state index in [0.29, 0.717) is 25.4 Å². The molecule has 156 valence electrons. The molecule has 1 N–H and O–H groups in total. The highest BCUT2D eigenvalue weighted by atomic mass is 79.9. The molecule has 0 aliphatic heterocycles. The van der Waals surface area contributed by atoms with Gasteiger partial charge in [0.05, 0.1) is 35.8 Å². The third-order valence-electron chi connectivity index (χ3n) is 3.83. The molecule has 7 nitrogen and oxygen atoms in total. The predicted molar refractivity (Wildman–Crippen MR) is 116 cm³/mol. The lowest BCUT2D eigenvalue weighted by molar-refractivity contribution is -0.123. The van der Waals surface area contributed by atoms with Gasteiger partial charge in [-0.2, -0.15) is 0 Å². The van der Waals surface area contributed by atoms with Gasteiger partial charge in [-0.25, -0.2) is 4.79 Å². The predicted octanol–water partition coefficient (Wildman–Crippen LogP) is 5.07. The quantitative estimate of drug-likeness (QED) is 0.484. The summed E-state index contributed by atoms with van der Waals surface area (Å²) >= 11 is 12.5. The maximum Gasteiger partial charge on any atom is 0.341 e. The SMILES string of the molecule is COc1c(Br)c(C(=O)OC(C)C(=O)Nc2ccc(Cl)cc2)c(Br)c(OC)c1OC. The Bertz CT molecular complexity index is 889. The summed E-state index contributed by atoms with van der Waals surface area (Å²) < 4.78 is 21.9. The van der Waals surface area contributed by atoms with Gasteiger partial charge in [-0.3, -0.25) is 4.79 Å². The van der Waals surface area contributed by atoms with Gasteiger partial charge >= 0.3 is 5.97 Å². The van der Waals surface area contributed by atoms with Crippen LogP contribution in [-0.2, 0) is 9.53 Å². The summed E-state index contributed by atoms with van der Waals surface area (Å²) in [5.74, 6) is -0.475. The highest BCUT2D eigenvalue weighted by Gasteiger charge is 2.30. The lowest BCUT2D eigenvalue weighted by Crippen LogP contribution is -2.30. The van der Waals surface area contributed by atoms with E-state index in [0.717, 1.165) is 0 Å². The lowest BCUT2D eigenvalue weighted by Gasteiger charge is -2.19. The van der Waals surface area contributed by atoms with Crippen LogP contribution in [0.4, 0.5) is 5.69 Å². The van der Waals surface area contributed by atoms with E-state index in [9.17, 15) is 9.59 Å². The maximum atomic E-state index is 12.8. The number of rotatable bonds is 7. The molecule has 0 saturated carbocycles. The maximum absolute atomic E-state index is 12.8. The van der Waals surface area contributed by atoms with Gasteiger partial charge in [0.15, 0.2) is 17.6 Å². The Hall–Kier alpha value is -1.97. The van der Waals surface area contributed by atoms with Crippen molar-refractivity contribution in [3.05, 3.63) is 43.8 Å². The molecule has 2 rings (SSSR count). The normalized spacial score (nSPS) is 11.4. The molecule has 0 aromatic heterocycles. The first kappa shape index (κ1) is 23.3. The van der Waals surface area contributed by atoms with Crippen LogP contribution in [0.1, 0.15) is 17.3 Å². The van der Waals surface area contributed by atoms with Crippen molar-refractivity contribution in [1.82, 2.24) is 0 Å². The van der Waals surface area contributed by atoms with E-state index < -0.39 is 18.0 Å². The van der Waals surface area contributed by atoms with Crippen LogP contribution in [0.2, 0.25) is 5.02 Å². The fourth-order valence-corrected chi connectivity index (χ4v) is 4.20. The number of nitrogens with one attached hydrogen (secondary N) is 1. The summed E-state index contributed by atoms with van der Waals surface area (Å²) in [6.45, 7) is 1.46. The van der Waals surface area contributed by atoms with Crippen molar-refractivity contribution in [2.24, 2.45) is 0 Å². The van der Waals surface area contributed by atoms with Crippen molar-refractivity contribution in [3.8, 4) is 17.2 Å². The molecule has 0 saturated heterocycles. The van der Waals surface area contributed by atoms with Gasteiger partial charge in [0.2, 0.25) is 5.75 Å². The number of benzene rings is 2. The van der Waals surface area contributed by atoms with E-state index >= 15 is 0 Å². The second kappa shape index (κ2) is 10.2. The highest BCUT2D eigenvalue weighted by Crippen LogP contribution is 2.50. The average molecular weight is 552 g/mol. The largest absolute Gasteiger partial charge is 0.492 e. The zero-order valence-corrected chi connectivity index (χ0v) is 19.9. The van der Waals surface area contributed by atoms with Crippen LogP contribution in [-0.4, -0.2) is 39.3 Å². The Labute approximate surface area is 189 Å². The van der Waals surface area contributed by atoms with Crippen molar-refractivity contribution in [2.45, 2.75) is 13.0 Å². The van der Waals surface area contributed by atoms with Crippen molar-refractivity contribution < 1.29 is 28.5 Å². The molecule has 2 aromatic rings. The summed E-state index contributed by atoms with van der Waals surface area (Å²) in [4.78, 5) is 25.2. The van der Waals surface area contributed by atoms with Gasteiger partial charge in [0.25, 0.3) is 5.91 Å². The smallest absolute Gasteiger partial charge is 0.341 e. The molecule has 2 aromatic carbocycles. The molecule has 1 unspecified atom stereocenters. The molecule has 0 bridgehead atoms.